The van der Waals surface area contributed by atoms with E-state index >= 15 is 0 Å². The quantitative estimate of drug-likeness (QED) is 0.531. The van der Waals surface area contributed by atoms with E-state index in [9.17, 15) is 9.59 Å². The maximum absolute atomic E-state index is 13.0. The normalized spacial score (nSPS) is 12.8. The second kappa shape index (κ2) is 12.7. The molecule has 2 aromatic rings. The number of amides is 2. The monoisotopic (exact) mass is 446 g/mol. The largest absolute Gasteiger partial charge is 0.352 e. The van der Waals surface area contributed by atoms with Crippen molar-refractivity contribution >= 4 is 35.2 Å². The first-order valence-corrected chi connectivity index (χ1v) is 11.9. The smallest absolute Gasteiger partial charge is 0.242 e. The van der Waals surface area contributed by atoms with E-state index in [1.165, 1.54) is 11.8 Å². The molecule has 0 aliphatic rings. The molecule has 0 saturated heterocycles. The third kappa shape index (κ3) is 7.69. The van der Waals surface area contributed by atoms with Gasteiger partial charge in [-0.3, -0.25) is 9.59 Å². The van der Waals surface area contributed by atoms with Gasteiger partial charge in [-0.1, -0.05) is 67.1 Å². The molecule has 0 fully saturated rings. The van der Waals surface area contributed by atoms with Gasteiger partial charge in [0.15, 0.2) is 0 Å². The zero-order chi connectivity index (χ0) is 21.9. The third-order valence-electron chi connectivity index (χ3n) is 5.09. The molecule has 0 heterocycles. The van der Waals surface area contributed by atoms with Gasteiger partial charge in [-0.25, -0.2) is 0 Å². The van der Waals surface area contributed by atoms with Gasteiger partial charge in [0.25, 0.3) is 0 Å². The van der Waals surface area contributed by atoms with Crippen molar-refractivity contribution < 1.29 is 9.59 Å². The van der Waals surface area contributed by atoms with Crippen LogP contribution >= 0.6 is 23.4 Å². The summed E-state index contributed by atoms with van der Waals surface area (Å²) >= 11 is 7.73. The Morgan fingerprint density at radius 3 is 2.40 bits per heavy atom. The lowest BCUT2D eigenvalue weighted by Gasteiger charge is -2.29. The Hall–Kier alpha value is -1.98. The minimum absolute atomic E-state index is 0.0326. The number of carbonyl (C=O) groups excluding carboxylic acids is 2. The molecule has 0 unspecified atom stereocenters. The predicted molar refractivity (Wildman–Crippen MR) is 127 cm³/mol. The molecule has 0 saturated carbocycles. The molecule has 0 radical (unpaired) electrons. The Labute approximate surface area is 189 Å². The standard InChI is InChI=1S/C24H31ClN2O2S/c1-4-18(2)26-24(29)19(3)27(15-14-20-10-6-5-7-11-20)23(28)17-30-16-21-12-8-9-13-22(21)25/h5-13,18-19H,4,14-17H2,1-3H3,(H,26,29)/t18-,19-/m1/s1. The molecule has 1 N–H and O–H groups in total. The number of nitrogens with one attached hydrogen (secondary N) is 1. The Morgan fingerprint density at radius 2 is 1.73 bits per heavy atom. The molecule has 4 nitrogen and oxygen atoms in total. The summed E-state index contributed by atoms with van der Waals surface area (Å²) in [6.07, 6.45) is 1.56. The van der Waals surface area contributed by atoms with Crippen molar-refractivity contribution in [2.45, 2.75) is 51.4 Å². The highest BCUT2D eigenvalue weighted by atomic mass is 35.5. The van der Waals surface area contributed by atoms with E-state index in [2.05, 4.69) is 5.32 Å². The Morgan fingerprint density at radius 1 is 1.07 bits per heavy atom. The van der Waals surface area contributed by atoms with Gasteiger partial charge >= 0.3 is 0 Å². The van der Waals surface area contributed by atoms with Crippen LogP contribution in [0.15, 0.2) is 54.6 Å². The molecule has 2 amide bonds. The molecule has 0 aliphatic heterocycles. The van der Waals surface area contributed by atoms with E-state index in [4.69, 9.17) is 11.6 Å². The van der Waals surface area contributed by atoms with Crippen LogP contribution in [-0.2, 0) is 21.8 Å². The predicted octanol–water partition coefficient (Wildman–Crippen LogP) is 4.95. The van der Waals surface area contributed by atoms with Crippen LogP contribution in [0.3, 0.4) is 0 Å². The van der Waals surface area contributed by atoms with Crippen LogP contribution in [0.5, 0.6) is 0 Å². The average Bonchev–Trinajstić information content (AvgIpc) is 2.75. The van der Waals surface area contributed by atoms with Crippen molar-refractivity contribution in [3.05, 3.63) is 70.7 Å². The van der Waals surface area contributed by atoms with Crippen molar-refractivity contribution in [3.63, 3.8) is 0 Å². The first kappa shape index (κ1) is 24.3. The van der Waals surface area contributed by atoms with E-state index in [0.29, 0.717) is 29.5 Å². The van der Waals surface area contributed by atoms with Crippen molar-refractivity contribution in [2.24, 2.45) is 0 Å². The summed E-state index contributed by atoms with van der Waals surface area (Å²) in [5, 5.41) is 3.70. The highest BCUT2D eigenvalue weighted by molar-refractivity contribution is 7.99. The summed E-state index contributed by atoms with van der Waals surface area (Å²) < 4.78 is 0. The van der Waals surface area contributed by atoms with Crippen molar-refractivity contribution in [1.29, 1.82) is 0 Å². The molecule has 0 bridgehead atoms. The second-order valence-corrected chi connectivity index (χ2v) is 8.79. The van der Waals surface area contributed by atoms with E-state index in [1.54, 1.807) is 11.8 Å². The molecule has 30 heavy (non-hydrogen) atoms. The molecule has 0 spiro atoms. The van der Waals surface area contributed by atoms with E-state index < -0.39 is 6.04 Å². The fourth-order valence-corrected chi connectivity index (χ4v) is 4.18. The van der Waals surface area contributed by atoms with Crippen molar-refractivity contribution in [3.8, 4) is 0 Å². The lowest BCUT2D eigenvalue weighted by Crippen LogP contribution is -2.51. The number of nitrogens with zero attached hydrogens (tertiary/aromatic N) is 1. The minimum Gasteiger partial charge on any atom is -0.352 e. The molecule has 162 valence electrons. The van der Waals surface area contributed by atoms with Crippen LogP contribution in [0, 0.1) is 0 Å². The Balaban J connectivity index is 2.01. The summed E-state index contributed by atoms with van der Waals surface area (Å²) in [5.74, 6) is 0.823. The molecular formula is C24H31ClN2O2S. The SMILES string of the molecule is CC[C@@H](C)NC(=O)[C@@H](C)N(CCc1ccccc1)C(=O)CSCc1ccccc1Cl. The van der Waals surface area contributed by atoms with Crippen LogP contribution in [-0.4, -0.2) is 41.1 Å². The number of hydrogen-bond acceptors (Lipinski definition) is 3. The van der Waals surface area contributed by atoms with E-state index in [0.717, 1.165) is 17.5 Å². The van der Waals surface area contributed by atoms with Gasteiger partial charge in [0.05, 0.1) is 5.75 Å². The highest BCUT2D eigenvalue weighted by Gasteiger charge is 2.26. The van der Waals surface area contributed by atoms with Gasteiger partial charge in [0.1, 0.15) is 6.04 Å². The van der Waals surface area contributed by atoms with Crippen LogP contribution in [0.2, 0.25) is 5.02 Å². The minimum atomic E-state index is -0.517. The van der Waals surface area contributed by atoms with Gasteiger partial charge < -0.3 is 10.2 Å². The lowest BCUT2D eigenvalue weighted by molar-refractivity contribution is -0.138. The molecule has 2 aromatic carbocycles. The highest BCUT2D eigenvalue weighted by Crippen LogP contribution is 2.21. The fourth-order valence-electron chi connectivity index (χ4n) is 2.98. The summed E-state index contributed by atoms with van der Waals surface area (Å²) in [6.45, 7) is 6.31. The van der Waals surface area contributed by atoms with Crippen molar-refractivity contribution in [1.82, 2.24) is 10.2 Å². The number of carbonyl (C=O) groups is 2. The number of benzene rings is 2. The fraction of sp³-hybridized carbons (Fsp3) is 0.417. The lowest BCUT2D eigenvalue weighted by atomic mass is 10.1. The molecule has 6 heteroatoms. The molecule has 2 rings (SSSR count). The van der Waals surface area contributed by atoms with Gasteiger partial charge in [-0.15, -0.1) is 11.8 Å². The summed E-state index contributed by atoms with van der Waals surface area (Å²) in [6, 6.07) is 17.2. The van der Waals surface area contributed by atoms with Crippen LogP contribution in [0.4, 0.5) is 0 Å². The number of rotatable bonds is 11. The molecule has 2 atom stereocenters. The maximum Gasteiger partial charge on any atom is 0.242 e. The first-order valence-electron chi connectivity index (χ1n) is 10.4. The van der Waals surface area contributed by atoms with Crippen LogP contribution < -0.4 is 5.32 Å². The topological polar surface area (TPSA) is 49.4 Å². The number of hydrogen-bond donors (Lipinski definition) is 1. The van der Waals surface area contributed by atoms with E-state index in [-0.39, 0.29) is 17.9 Å². The molecular weight excluding hydrogens is 416 g/mol. The third-order valence-corrected chi connectivity index (χ3v) is 6.43. The number of halogens is 1. The summed E-state index contributed by atoms with van der Waals surface area (Å²) in [5.41, 5.74) is 2.16. The van der Waals surface area contributed by atoms with E-state index in [1.807, 2.05) is 68.4 Å². The zero-order valence-corrected chi connectivity index (χ0v) is 19.5. The Kier molecular flexibility index (Phi) is 10.2. The average molecular weight is 447 g/mol. The van der Waals surface area contributed by atoms with Gasteiger partial charge in [-0.05, 0) is 43.9 Å². The zero-order valence-electron chi connectivity index (χ0n) is 17.9. The van der Waals surface area contributed by atoms with Crippen LogP contribution in [0.25, 0.3) is 0 Å². The van der Waals surface area contributed by atoms with Crippen molar-refractivity contribution in [2.75, 3.05) is 12.3 Å². The summed E-state index contributed by atoms with van der Waals surface area (Å²) in [4.78, 5) is 27.4. The van der Waals surface area contributed by atoms with Gasteiger partial charge in [-0.2, -0.15) is 0 Å². The number of thioether (sulfide) groups is 1. The first-order chi connectivity index (χ1) is 14.4. The van der Waals surface area contributed by atoms with Gasteiger partial charge in [0, 0.05) is 23.4 Å². The maximum atomic E-state index is 13.0. The molecule has 0 aromatic heterocycles. The Bertz CT molecular complexity index is 816. The van der Waals surface area contributed by atoms with Gasteiger partial charge in [0.2, 0.25) is 11.8 Å². The molecule has 0 aliphatic carbocycles. The summed E-state index contributed by atoms with van der Waals surface area (Å²) in [7, 11) is 0. The second-order valence-electron chi connectivity index (χ2n) is 7.40. The van der Waals surface area contributed by atoms with Crippen LogP contribution in [0.1, 0.15) is 38.3 Å².